The molecule has 3 heteroatoms. The van der Waals surface area contributed by atoms with Crippen LogP contribution in [0.3, 0.4) is 0 Å². The summed E-state index contributed by atoms with van der Waals surface area (Å²) in [5, 5.41) is 9.91. The number of fused-ring (bicyclic) bond motifs is 7. The van der Waals surface area contributed by atoms with Crippen LogP contribution in [-0.2, 0) is 0 Å². The van der Waals surface area contributed by atoms with Crippen molar-refractivity contribution < 1.29 is 0 Å². The zero-order valence-corrected chi connectivity index (χ0v) is 27.7. The summed E-state index contributed by atoms with van der Waals surface area (Å²) in [5.74, 6) is 0. The molecule has 0 saturated heterocycles. The maximum atomic E-state index is 2.51. The van der Waals surface area contributed by atoms with Gasteiger partial charge in [0.15, 0.2) is 0 Å². The Hall–Kier alpha value is -6.84. The van der Waals surface area contributed by atoms with E-state index in [1.54, 1.807) is 0 Å². The quantitative estimate of drug-likeness (QED) is 0.185. The summed E-state index contributed by atoms with van der Waals surface area (Å²) in [6.45, 7) is 0. The van der Waals surface area contributed by atoms with Crippen LogP contribution in [0.4, 0.5) is 17.1 Å². The Morgan fingerprint density at radius 3 is 1.73 bits per heavy atom. The second kappa shape index (κ2) is 10.8. The lowest BCUT2D eigenvalue weighted by atomic mass is 10.0. The zero-order chi connectivity index (χ0) is 33.5. The van der Waals surface area contributed by atoms with Crippen LogP contribution in [0.1, 0.15) is 0 Å². The highest BCUT2D eigenvalue weighted by Gasteiger charge is 2.21. The molecular formula is C48H31N3. The van der Waals surface area contributed by atoms with Gasteiger partial charge in [0.05, 0.1) is 33.3 Å². The maximum absolute atomic E-state index is 2.51. The predicted octanol–water partition coefficient (Wildman–Crippen LogP) is 13.1. The first kappa shape index (κ1) is 28.0. The van der Waals surface area contributed by atoms with Crippen molar-refractivity contribution in [1.29, 1.82) is 0 Å². The van der Waals surface area contributed by atoms with Gasteiger partial charge in [-0.25, -0.2) is 0 Å². The van der Waals surface area contributed by atoms with Crippen LogP contribution in [0.5, 0.6) is 0 Å². The molecule has 0 amide bonds. The molecule has 51 heavy (non-hydrogen) atoms. The van der Waals surface area contributed by atoms with Gasteiger partial charge < -0.3 is 13.9 Å². The lowest BCUT2D eigenvalue weighted by molar-refractivity contribution is 1.16. The fourth-order valence-corrected chi connectivity index (χ4v) is 8.40. The molecule has 0 unspecified atom stereocenters. The Balaban J connectivity index is 1.33. The summed E-state index contributed by atoms with van der Waals surface area (Å²) in [6.07, 6.45) is 0. The van der Waals surface area contributed by atoms with Gasteiger partial charge in [0, 0.05) is 38.6 Å². The fourth-order valence-electron chi connectivity index (χ4n) is 8.40. The van der Waals surface area contributed by atoms with Gasteiger partial charge in [-0.1, -0.05) is 121 Å². The molecule has 0 saturated carbocycles. The lowest BCUT2D eigenvalue weighted by Crippen LogP contribution is -2.11. The van der Waals surface area contributed by atoms with E-state index in [-0.39, 0.29) is 0 Å². The summed E-state index contributed by atoms with van der Waals surface area (Å²) < 4.78 is 5.00. The van der Waals surface area contributed by atoms with Crippen molar-refractivity contribution >= 4 is 87.7 Å². The van der Waals surface area contributed by atoms with Gasteiger partial charge in [0.2, 0.25) is 0 Å². The van der Waals surface area contributed by atoms with E-state index in [9.17, 15) is 0 Å². The second-order valence-electron chi connectivity index (χ2n) is 13.4. The molecule has 0 fully saturated rings. The van der Waals surface area contributed by atoms with Crippen LogP contribution in [-0.4, -0.2) is 8.97 Å². The smallest absolute Gasteiger partial charge is 0.0703 e. The molecule has 2 heterocycles. The Morgan fingerprint density at radius 2 is 0.961 bits per heavy atom. The number of hydrogen-bond acceptors (Lipinski definition) is 1. The third kappa shape index (κ3) is 4.12. The van der Waals surface area contributed by atoms with E-state index in [2.05, 4.69) is 202 Å². The highest BCUT2D eigenvalue weighted by molar-refractivity contribution is 6.25. The Bertz CT molecular complexity index is 3090. The molecule has 0 atom stereocenters. The first-order chi connectivity index (χ1) is 25.3. The van der Waals surface area contributed by atoms with E-state index in [4.69, 9.17) is 0 Å². The van der Waals surface area contributed by atoms with Crippen molar-refractivity contribution in [3.63, 3.8) is 0 Å². The van der Waals surface area contributed by atoms with E-state index in [1.807, 2.05) is 0 Å². The summed E-state index contributed by atoms with van der Waals surface area (Å²) in [4.78, 5) is 2.39. The van der Waals surface area contributed by atoms with E-state index in [1.165, 1.54) is 59.6 Å². The van der Waals surface area contributed by atoms with Gasteiger partial charge in [0.1, 0.15) is 0 Å². The van der Waals surface area contributed by atoms with E-state index >= 15 is 0 Å². The van der Waals surface area contributed by atoms with Crippen molar-refractivity contribution in [2.75, 3.05) is 4.90 Å². The van der Waals surface area contributed by atoms with Crippen LogP contribution in [0.2, 0.25) is 0 Å². The summed E-state index contributed by atoms with van der Waals surface area (Å²) in [5.41, 5.74) is 10.4. The molecule has 0 spiro atoms. The van der Waals surface area contributed by atoms with Crippen LogP contribution in [0.15, 0.2) is 188 Å². The molecule has 3 nitrogen and oxygen atoms in total. The van der Waals surface area contributed by atoms with Gasteiger partial charge in [-0.3, -0.25) is 0 Å². The third-order valence-corrected chi connectivity index (χ3v) is 10.6. The molecule has 0 aliphatic heterocycles. The van der Waals surface area contributed by atoms with E-state index in [0.717, 1.165) is 33.8 Å². The number of hydrogen-bond donors (Lipinski definition) is 0. The molecule has 9 aromatic carbocycles. The average Bonchev–Trinajstić information content (AvgIpc) is 3.44. The number of para-hydroxylation sites is 4. The molecule has 0 N–H and O–H groups in total. The first-order valence-electron chi connectivity index (χ1n) is 17.5. The summed E-state index contributed by atoms with van der Waals surface area (Å²) in [6, 6.07) is 68.6. The number of nitrogens with zero attached hydrogens (tertiary/aromatic N) is 3. The highest BCUT2D eigenvalue weighted by atomic mass is 15.1. The topological polar surface area (TPSA) is 12.6 Å². The number of rotatable bonds is 4. The van der Waals surface area contributed by atoms with Crippen molar-refractivity contribution in [2.45, 2.75) is 0 Å². The zero-order valence-electron chi connectivity index (χ0n) is 27.7. The second-order valence-corrected chi connectivity index (χ2v) is 13.4. The van der Waals surface area contributed by atoms with E-state index in [0.29, 0.717) is 0 Å². The number of anilines is 3. The normalized spacial score (nSPS) is 11.9. The first-order valence-corrected chi connectivity index (χ1v) is 17.5. The minimum atomic E-state index is 1.11. The Labute approximate surface area is 294 Å². The molecule has 0 bridgehead atoms. The van der Waals surface area contributed by atoms with Gasteiger partial charge in [-0.2, -0.15) is 0 Å². The van der Waals surface area contributed by atoms with Gasteiger partial charge in [0.25, 0.3) is 0 Å². The van der Waals surface area contributed by atoms with Crippen molar-refractivity contribution in [2.24, 2.45) is 0 Å². The molecule has 0 radical (unpaired) electrons. The SMILES string of the molecule is c1ccc(N(c2ccccc2)c2cc(-n3c4cccc5ccc6c7cc8ccccc8cc7n(c7ccccc73)c6c54)cc3ccccc23)cc1. The Morgan fingerprint density at radius 1 is 0.353 bits per heavy atom. The highest BCUT2D eigenvalue weighted by Crippen LogP contribution is 2.44. The molecule has 0 aliphatic rings. The van der Waals surface area contributed by atoms with Gasteiger partial charge in [-0.05, 0) is 88.3 Å². The molecular weight excluding hydrogens is 619 g/mol. The fraction of sp³-hybridized carbons (Fsp3) is 0. The van der Waals surface area contributed by atoms with Crippen molar-refractivity contribution in [1.82, 2.24) is 8.97 Å². The minimum absolute atomic E-state index is 1.11. The van der Waals surface area contributed by atoms with Gasteiger partial charge >= 0.3 is 0 Å². The molecule has 2 aromatic heterocycles. The van der Waals surface area contributed by atoms with Gasteiger partial charge in [-0.15, -0.1) is 0 Å². The van der Waals surface area contributed by atoms with Crippen LogP contribution < -0.4 is 4.90 Å². The summed E-state index contributed by atoms with van der Waals surface area (Å²) in [7, 11) is 0. The monoisotopic (exact) mass is 649 g/mol. The largest absolute Gasteiger partial charge is 0.310 e. The van der Waals surface area contributed by atoms with Crippen LogP contribution in [0, 0.1) is 0 Å². The van der Waals surface area contributed by atoms with Crippen molar-refractivity contribution in [3.8, 4) is 5.69 Å². The van der Waals surface area contributed by atoms with E-state index < -0.39 is 0 Å². The minimum Gasteiger partial charge on any atom is -0.310 e. The third-order valence-electron chi connectivity index (χ3n) is 10.6. The lowest BCUT2D eigenvalue weighted by Gasteiger charge is -2.28. The number of aromatic nitrogens is 2. The summed E-state index contributed by atoms with van der Waals surface area (Å²) >= 11 is 0. The van der Waals surface area contributed by atoms with Crippen LogP contribution in [0.25, 0.3) is 76.4 Å². The molecule has 11 aromatic rings. The Kier molecular flexibility index (Phi) is 5.96. The number of benzene rings is 9. The molecule has 0 aliphatic carbocycles. The standard InChI is InChI=1S/C48H31N3/c1-3-18-36(19-4-1)49(37-20-5-2-6-21-37)46-31-38(28-35-16-9-10-22-39(35)46)50-42-23-11-12-24-43(42)51-45-30-34-15-8-7-14-33(34)29-41(45)40-27-26-32-17-13-25-44(50)47(32)48(40)51/h1-31H. The predicted molar refractivity (Wildman–Crippen MR) is 216 cm³/mol. The van der Waals surface area contributed by atoms with Crippen molar-refractivity contribution in [3.05, 3.63) is 188 Å². The molecule has 11 rings (SSSR count). The average molecular weight is 650 g/mol. The molecule has 238 valence electrons. The van der Waals surface area contributed by atoms with Crippen LogP contribution >= 0.6 is 0 Å². The maximum Gasteiger partial charge on any atom is 0.0703 e.